The molecule has 174 valence electrons. The molecule has 1 rings (SSSR count). The number of carboxylic acid groups (broad SMARTS) is 4. The summed E-state index contributed by atoms with van der Waals surface area (Å²) in [5, 5.41) is 30.9. The van der Waals surface area contributed by atoms with Gasteiger partial charge in [0.25, 0.3) is 0 Å². The minimum Gasteiger partial charge on any atom is -0.481 e. The van der Waals surface area contributed by atoms with Crippen molar-refractivity contribution in [2.45, 2.75) is 90.1 Å². The van der Waals surface area contributed by atoms with Gasteiger partial charge in [0.15, 0.2) is 0 Å². The van der Waals surface area contributed by atoms with Crippen LogP contribution in [-0.2, 0) is 40.2 Å². The Balaban J connectivity index is -0.000000143. The monoisotopic (exact) mass is 603 g/mol. The first-order valence-corrected chi connectivity index (χ1v) is 9.40. The van der Waals surface area contributed by atoms with Crippen LogP contribution in [0.2, 0.25) is 0 Å². The summed E-state index contributed by atoms with van der Waals surface area (Å²) < 4.78 is 0. The maximum Gasteiger partial charge on any atom is 2.00 e. The Morgan fingerprint density at radius 2 is 1.00 bits per heavy atom. The molecule has 0 aromatic rings. The molecule has 1 saturated carbocycles. The fourth-order valence-electron chi connectivity index (χ4n) is 1.84. The third-order valence-corrected chi connectivity index (χ3v) is 3.55. The Hall–Kier alpha value is -1.51. The second-order valence-corrected chi connectivity index (χ2v) is 6.22. The summed E-state index contributed by atoms with van der Waals surface area (Å²) in [5.74, 6) is -5.03. The van der Waals surface area contributed by atoms with Crippen LogP contribution in [0.3, 0.4) is 0 Å². The van der Waals surface area contributed by atoms with Gasteiger partial charge in [-0.3, -0.25) is 9.59 Å². The van der Waals surface area contributed by atoms with Gasteiger partial charge >= 0.3 is 44.9 Å². The van der Waals surface area contributed by atoms with E-state index in [0.29, 0.717) is 12.8 Å². The summed E-state index contributed by atoms with van der Waals surface area (Å²) in [4.78, 5) is 37.7. The van der Waals surface area contributed by atoms with Crippen molar-refractivity contribution in [3.63, 3.8) is 0 Å². The van der Waals surface area contributed by atoms with E-state index in [-0.39, 0.29) is 33.1 Å². The van der Waals surface area contributed by atoms with Gasteiger partial charge in [-0.05, 0) is 25.7 Å². The van der Waals surface area contributed by atoms with Gasteiger partial charge in [-0.25, -0.2) is 9.59 Å². The van der Waals surface area contributed by atoms with Gasteiger partial charge in [-0.2, -0.15) is 0 Å². The fourth-order valence-corrected chi connectivity index (χ4v) is 1.84. The van der Waals surface area contributed by atoms with E-state index in [1.807, 2.05) is 13.8 Å². The van der Waals surface area contributed by atoms with Gasteiger partial charge < -0.3 is 31.9 Å². The number of rotatable bonds is 6. The Morgan fingerprint density at radius 1 is 0.724 bits per heavy atom. The largest absolute Gasteiger partial charge is 2.00 e. The Bertz CT molecular complexity index is 410. The van der Waals surface area contributed by atoms with Crippen LogP contribution in [0.5, 0.6) is 0 Å². The molecule has 11 heteroatoms. The van der Waals surface area contributed by atoms with Gasteiger partial charge in [0.1, 0.15) is 0 Å². The summed E-state index contributed by atoms with van der Waals surface area (Å²) >= 11 is 0. The number of hydrogen-bond acceptors (Lipinski definition) is 6. The molecule has 0 heterocycles. The normalized spacial score (nSPS) is 16.7. The summed E-state index contributed by atoms with van der Waals surface area (Å²) in [6.07, 6.45) is 8.96. The number of aliphatic carboxylic acids is 4. The molecule has 2 atom stereocenters. The zero-order valence-corrected chi connectivity index (χ0v) is 19.4. The molecule has 0 amide bonds. The van der Waals surface area contributed by atoms with Crippen LogP contribution in [0, 0.1) is 0 Å². The van der Waals surface area contributed by atoms with Crippen molar-refractivity contribution in [2.24, 2.45) is 11.5 Å². The van der Waals surface area contributed by atoms with E-state index in [1.54, 1.807) is 0 Å². The van der Waals surface area contributed by atoms with E-state index in [2.05, 4.69) is 0 Å². The van der Waals surface area contributed by atoms with Crippen molar-refractivity contribution in [3.05, 3.63) is 0 Å². The maximum absolute atomic E-state index is 9.76. The van der Waals surface area contributed by atoms with Crippen molar-refractivity contribution >= 4 is 23.9 Å². The smallest absolute Gasteiger partial charge is 0.481 e. The summed E-state index contributed by atoms with van der Waals surface area (Å²) in [6, 6.07) is 0.562. The summed E-state index contributed by atoms with van der Waals surface area (Å²) in [7, 11) is 0. The predicted octanol–water partition coefficient (Wildman–Crippen LogP) is 1.89. The molecule has 0 saturated heterocycles. The van der Waals surface area contributed by atoms with Gasteiger partial charge in [-0.15, -0.1) is 0 Å². The summed E-state index contributed by atoms with van der Waals surface area (Å²) in [5.41, 5.74) is 11.3. The first-order chi connectivity index (χ1) is 13.0. The van der Waals surface area contributed by atoms with Crippen molar-refractivity contribution in [3.8, 4) is 0 Å². The molecule has 8 N–H and O–H groups in total. The van der Waals surface area contributed by atoms with Crippen LogP contribution in [0.15, 0.2) is 0 Å². The number of nitrogens with two attached hydrogens (primary N) is 2. The quantitative estimate of drug-likeness (QED) is 0.244. The SMILES string of the molecule is CCCCC(=O)O.CCCCC(=O)O.N[C@@H]1CCCC[C@H]1N.O=C(O)C(=O)O.[Pt+2]. The number of unbranched alkanes of at least 4 members (excludes halogenated alkanes) is 2. The van der Waals surface area contributed by atoms with Crippen molar-refractivity contribution in [1.29, 1.82) is 0 Å². The molecule has 0 aromatic heterocycles. The minimum absolute atomic E-state index is 0. The number of carboxylic acids is 4. The second kappa shape index (κ2) is 24.5. The summed E-state index contributed by atoms with van der Waals surface area (Å²) in [6.45, 7) is 3.95. The molecule has 1 aliphatic carbocycles. The Kier molecular flexibility index (Phi) is 29.6. The topological polar surface area (TPSA) is 201 Å². The van der Waals surface area contributed by atoms with E-state index in [1.165, 1.54) is 12.8 Å². The van der Waals surface area contributed by atoms with E-state index < -0.39 is 23.9 Å². The molecular weight excluding hydrogens is 567 g/mol. The maximum atomic E-state index is 9.76. The van der Waals surface area contributed by atoms with Crippen LogP contribution < -0.4 is 11.5 Å². The average Bonchev–Trinajstić information content (AvgIpc) is 2.62. The first-order valence-electron chi connectivity index (χ1n) is 9.40. The van der Waals surface area contributed by atoms with Gasteiger partial charge in [0, 0.05) is 24.9 Å². The van der Waals surface area contributed by atoms with Gasteiger partial charge in [0.2, 0.25) is 0 Å². The zero-order valence-electron chi connectivity index (χ0n) is 17.1. The average molecular weight is 604 g/mol. The standard InChI is InChI=1S/C6H14N2.2C5H10O2.C2H2O4.Pt/c7-5-3-1-2-4-6(5)8;2*1-2-3-4-5(6)7;3-1(4)2(5)6;/h5-6H,1-4,7-8H2;2*2-4H2,1H3,(H,6,7);(H,3,4)(H,5,6);/q;;;;+2/t5-,6-;;;;/m1..../s1. The van der Waals surface area contributed by atoms with Gasteiger partial charge in [-0.1, -0.05) is 39.5 Å². The predicted molar refractivity (Wildman–Crippen MR) is 104 cm³/mol. The minimum atomic E-state index is -1.82. The number of hydrogen-bond donors (Lipinski definition) is 6. The molecule has 0 bridgehead atoms. The molecule has 1 aliphatic rings. The van der Waals surface area contributed by atoms with E-state index in [0.717, 1.165) is 38.5 Å². The third-order valence-electron chi connectivity index (χ3n) is 3.55. The molecule has 0 spiro atoms. The molecular formula is C18H36N2O8Pt+2. The van der Waals surface area contributed by atoms with Crippen LogP contribution in [0.1, 0.15) is 78.1 Å². The fraction of sp³-hybridized carbons (Fsp3) is 0.778. The van der Waals surface area contributed by atoms with E-state index in [9.17, 15) is 9.59 Å². The Morgan fingerprint density at radius 3 is 1.10 bits per heavy atom. The van der Waals surface area contributed by atoms with Crippen LogP contribution in [0.25, 0.3) is 0 Å². The molecule has 0 aromatic carbocycles. The van der Waals surface area contributed by atoms with Crippen LogP contribution in [-0.4, -0.2) is 56.4 Å². The third kappa shape index (κ3) is 34.4. The Labute approximate surface area is 186 Å². The molecule has 10 nitrogen and oxygen atoms in total. The molecule has 29 heavy (non-hydrogen) atoms. The van der Waals surface area contributed by atoms with Crippen LogP contribution >= 0.6 is 0 Å². The second-order valence-electron chi connectivity index (χ2n) is 6.22. The molecule has 1 fully saturated rings. The molecule has 0 radical (unpaired) electrons. The molecule has 0 aliphatic heterocycles. The number of carbonyl (C=O) groups is 4. The van der Waals surface area contributed by atoms with E-state index >= 15 is 0 Å². The van der Waals surface area contributed by atoms with Gasteiger partial charge in [0.05, 0.1) is 0 Å². The van der Waals surface area contributed by atoms with E-state index in [4.69, 9.17) is 41.5 Å². The van der Waals surface area contributed by atoms with Crippen molar-refractivity contribution < 1.29 is 60.7 Å². The van der Waals surface area contributed by atoms with Crippen molar-refractivity contribution in [2.75, 3.05) is 0 Å². The van der Waals surface area contributed by atoms with Crippen LogP contribution in [0.4, 0.5) is 0 Å². The molecule has 0 unspecified atom stereocenters. The van der Waals surface area contributed by atoms with Crippen molar-refractivity contribution in [1.82, 2.24) is 0 Å². The first kappa shape index (κ1) is 35.0. The zero-order chi connectivity index (χ0) is 22.5.